The smallest absolute Gasteiger partial charge is 0.190 e. The minimum absolute atomic E-state index is 0.0266. The minimum atomic E-state index is -0.0266. The molecule has 0 aliphatic rings. The van der Waals surface area contributed by atoms with E-state index in [1.807, 2.05) is 24.3 Å². The van der Waals surface area contributed by atoms with E-state index in [4.69, 9.17) is 16.3 Å². The summed E-state index contributed by atoms with van der Waals surface area (Å²) in [5.74, 6) is 0.778. The monoisotopic (exact) mass is 285 g/mol. The van der Waals surface area contributed by atoms with E-state index in [-0.39, 0.29) is 5.43 Å². The van der Waals surface area contributed by atoms with Gasteiger partial charge in [-0.2, -0.15) is 0 Å². The summed E-state index contributed by atoms with van der Waals surface area (Å²) >= 11 is 5.97. The summed E-state index contributed by atoms with van der Waals surface area (Å²) < 4.78 is 5.13. The van der Waals surface area contributed by atoms with Crippen LogP contribution in [0, 0.1) is 0 Å². The first-order valence-corrected chi connectivity index (χ1v) is 6.52. The summed E-state index contributed by atoms with van der Waals surface area (Å²) in [6.45, 7) is 0. The van der Waals surface area contributed by atoms with Crippen molar-refractivity contribution in [1.82, 2.24) is 4.98 Å². The third kappa shape index (κ3) is 2.28. The molecule has 0 radical (unpaired) electrons. The molecule has 3 aromatic rings. The van der Waals surface area contributed by atoms with Gasteiger partial charge in [-0.05, 0) is 48.0 Å². The molecule has 0 amide bonds. The van der Waals surface area contributed by atoms with Crippen molar-refractivity contribution in [2.75, 3.05) is 7.11 Å². The SMILES string of the molecule is COc1ccc(-c2cc(=O)c3ccc(Cl)cc3[nH]2)cc1. The van der Waals surface area contributed by atoms with E-state index in [0.29, 0.717) is 10.4 Å². The maximum Gasteiger partial charge on any atom is 0.190 e. The average Bonchev–Trinajstić information content (AvgIpc) is 2.46. The Morgan fingerprint density at radius 3 is 2.50 bits per heavy atom. The quantitative estimate of drug-likeness (QED) is 0.777. The van der Waals surface area contributed by atoms with Crippen molar-refractivity contribution in [2.24, 2.45) is 0 Å². The number of rotatable bonds is 2. The van der Waals surface area contributed by atoms with Crippen molar-refractivity contribution in [3.05, 3.63) is 63.8 Å². The molecule has 3 nitrogen and oxygen atoms in total. The second-order valence-corrected chi connectivity index (χ2v) is 4.90. The number of halogens is 1. The predicted octanol–water partition coefficient (Wildman–Crippen LogP) is 3.86. The molecule has 100 valence electrons. The fourth-order valence-corrected chi connectivity index (χ4v) is 2.32. The van der Waals surface area contributed by atoms with Crippen LogP contribution in [0.3, 0.4) is 0 Å². The van der Waals surface area contributed by atoms with Crippen molar-refractivity contribution < 1.29 is 4.74 Å². The lowest BCUT2D eigenvalue weighted by Gasteiger charge is -2.06. The maximum atomic E-state index is 12.1. The molecular formula is C16H12ClNO2. The molecule has 0 saturated heterocycles. The summed E-state index contributed by atoms with van der Waals surface area (Å²) in [7, 11) is 1.62. The van der Waals surface area contributed by atoms with Crippen molar-refractivity contribution in [1.29, 1.82) is 0 Å². The van der Waals surface area contributed by atoms with Gasteiger partial charge in [-0.1, -0.05) is 11.6 Å². The predicted molar refractivity (Wildman–Crippen MR) is 81.6 cm³/mol. The molecule has 2 aromatic carbocycles. The zero-order valence-corrected chi connectivity index (χ0v) is 11.6. The van der Waals surface area contributed by atoms with E-state index < -0.39 is 0 Å². The molecule has 0 bridgehead atoms. The fourth-order valence-electron chi connectivity index (χ4n) is 2.15. The third-order valence-corrected chi connectivity index (χ3v) is 3.43. The lowest BCUT2D eigenvalue weighted by Crippen LogP contribution is -2.02. The van der Waals surface area contributed by atoms with Gasteiger partial charge in [0.05, 0.1) is 12.6 Å². The number of hydrogen-bond acceptors (Lipinski definition) is 2. The highest BCUT2D eigenvalue weighted by Gasteiger charge is 2.05. The van der Waals surface area contributed by atoms with E-state index in [1.54, 1.807) is 31.4 Å². The molecule has 4 heteroatoms. The van der Waals surface area contributed by atoms with Crippen LogP contribution in [-0.2, 0) is 0 Å². The lowest BCUT2D eigenvalue weighted by molar-refractivity contribution is 0.415. The highest BCUT2D eigenvalue weighted by Crippen LogP contribution is 2.22. The van der Waals surface area contributed by atoms with Crippen LogP contribution in [-0.4, -0.2) is 12.1 Å². The van der Waals surface area contributed by atoms with Gasteiger partial charge in [0, 0.05) is 22.2 Å². The van der Waals surface area contributed by atoms with Gasteiger partial charge >= 0.3 is 0 Å². The lowest BCUT2D eigenvalue weighted by atomic mass is 10.1. The number of nitrogens with one attached hydrogen (secondary N) is 1. The summed E-state index contributed by atoms with van der Waals surface area (Å²) in [5, 5.41) is 1.23. The third-order valence-electron chi connectivity index (χ3n) is 3.19. The van der Waals surface area contributed by atoms with Gasteiger partial charge in [-0.3, -0.25) is 4.79 Å². The second kappa shape index (κ2) is 5.02. The number of benzene rings is 2. The van der Waals surface area contributed by atoms with Gasteiger partial charge in [0.2, 0.25) is 0 Å². The van der Waals surface area contributed by atoms with Gasteiger partial charge in [0.25, 0.3) is 0 Å². The molecule has 1 heterocycles. The average molecular weight is 286 g/mol. The van der Waals surface area contributed by atoms with Crippen molar-refractivity contribution in [3.63, 3.8) is 0 Å². The highest BCUT2D eigenvalue weighted by atomic mass is 35.5. The molecular weight excluding hydrogens is 274 g/mol. The number of fused-ring (bicyclic) bond motifs is 1. The van der Waals surface area contributed by atoms with E-state index in [9.17, 15) is 4.79 Å². The minimum Gasteiger partial charge on any atom is -0.497 e. The van der Waals surface area contributed by atoms with Gasteiger partial charge in [0.15, 0.2) is 5.43 Å². The number of ether oxygens (including phenoxy) is 1. The summed E-state index contributed by atoms with van der Waals surface area (Å²) in [6.07, 6.45) is 0. The Balaban J connectivity index is 2.18. The van der Waals surface area contributed by atoms with Crippen molar-refractivity contribution in [3.8, 4) is 17.0 Å². The van der Waals surface area contributed by atoms with E-state index in [2.05, 4.69) is 4.98 Å². The molecule has 0 aliphatic carbocycles. The van der Waals surface area contributed by atoms with E-state index >= 15 is 0 Å². The Bertz CT molecular complexity index is 822. The number of hydrogen-bond donors (Lipinski definition) is 1. The maximum absolute atomic E-state index is 12.1. The van der Waals surface area contributed by atoms with Crippen LogP contribution in [0.2, 0.25) is 5.02 Å². The molecule has 0 saturated carbocycles. The van der Waals surface area contributed by atoms with Crippen molar-refractivity contribution in [2.45, 2.75) is 0 Å². The first-order valence-electron chi connectivity index (χ1n) is 6.14. The van der Waals surface area contributed by atoms with Crippen LogP contribution in [0.4, 0.5) is 0 Å². The molecule has 1 aromatic heterocycles. The Kier molecular flexibility index (Phi) is 3.20. The standard InChI is InChI=1S/C16H12ClNO2/c1-20-12-5-2-10(3-6-12)14-9-16(19)13-7-4-11(17)8-15(13)18-14/h2-9H,1H3,(H,18,19). The Morgan fingerprint density at radius 1 is 1.05 bits per heavy atom. The summed E-state index contributed by atoms with van der Waals surface area (Å²) in [5.41, 5.74) is 2.38. The zero-order valence-electron chi connectivity index (χ0n) is 10.8. The van der Waals surface area contributed by atoms with Crippen LogP contribution in [0.15, 0.2) is 53.3 Å². The normalized spacial score (nSPS) is 10.7. The number of aromatic amines is 1. The molecule has 0 spiro atoms. The Morgan fingerprint density at radius 2 is 1.80 bits per heavy atom. The van der Waals surface area contributed by atoms with Crippen LogP contribution in [0.1, 0.15) is 0 Å². The number of aromatic nitrogens is 1. The summed E-state index contributed by atoms with van der Waals surface area (Å²) in [4.78, 5) is 15.4. The van der Waals surface area contributed by atoms with Crippen LogP contribution in [0.25, 0.3) is 22.2 Å². The van der Waals surface area contributed by atoms with Gasteiger partial charge in [0.1, 0.15) is 5.75 Å². The number of H-pyrrole nitrogens is 1. The van der Waals surface area contributed by atoms with E-state index in [0.717, 1.165) is 22.5 Å². The topological polar surface area (TPSA) is 42.1 Å². The molecule has 0 atom stereocenters. The Hall–Kier alpha value is -2.26. The van der Waals surface area contributed by atoms with E-state index in [1.165, 1.54) is 0 Å². The molecule has 0 unspecified atom stereocenters. The largest absolute Gasteiger partial charge is 0.497 e. The van der Waals surface area contributed by atoms with Gasteiger partial charge in [-0.25, -0.2) is 0 Å². The highest BCUT2D eigenvalue weighted by molar-refractivity contribution is 6.31. The van der Waals surface area contributed by atoms with Crippen molar-refractivity contribution >= 4 is 22.5 Å². The molecule has 3 rings (SSSR count). The van der Waals surface area contributed by atoms with Crippen LogP contribution < -0.4 is 10.2 Å². The molecule has 0 fully saturated rings. The molecule has 0 aliphatic heterocycles. The molecule has 20 heavy (non-hydrogen) atoms. The molecule has 1 N–H and O–H groups in total. The fraction of sp³-hybridized carbons (Fsp3) is 0.0625. The second-order valence-electron chi connectivity index (χ2n) is 4.47. The van der Waals surface area contributed by atoms with Crippen LogP contribution in [0.5, 0.6) is 5.75 Å². The first-order chi connectivity index (χ1) is 9.67. The van der Waals surface area contributed by atoms with Gasteiger partial charge < -0.3 is 9.72 Å². The van der Waals surface area contributed by atoms with Crippen LogP contribution >= 0.6 is 11.6 Å². The van der Waals surface area contributed by atoms with Gasteiger partial charge in [-0.15, -0.1) is 0 Å². The zero-order chi connectivity index (χ0) is 14.1. The number of pyridine rings is 1. The Labute approximate surface area is 120 Å². The summed E-state index contributed by atoms with van der Waals surface area (Å²) in [6, 6.07) is 14.3. The first kappa shape index (κ1) is 12.8. The number of methoxy groups -OCH3 is 1.